The lowest BCUT2D eigenvalue weighted by atomic mass is 10.1. The fraction of sp³-hybridized carbons (Fsp3) is 0.286. The lowest BCUT2D eigenvalue weighted by molar-refractivity contribution is 0.179. The van der Waals surface area contributed by atoms with Gasteiger partial charge in [-0.3, -0.25) is 0 Å². The molecule has 0 atom stereocenters. The van der Waals surface area contributed by atoms with E-state index in [2.05, 4.69) is 15.6 Å². The lowest BCUT2D eigenvalue weighted by Crippen LogP contribution is -2.41. The summed E-state index contributed by atoms with van der Waals surface area (Å²) in [4.78, 5) is 15.6. The molecule has 2 heterocycles. The molecule has 144 valence electrons. The van der Waals surface area contributed by atoms with Crippen molar-refractivity contribution in [3.05, 3.63) is 60.8 Å². The molecule has 0 bridgehead atoms. The van der Waals surface area contributed by atoms with Crippen molar-refractivity contribution >= 4 is 23.5 Å². The van der Waals surface area contributed by atoms with Crippen molar-refractivity contribution in [1.82, 2.24) is 19.9 Å². The number of anilines is 1. The highest BCUT2D eigenvalue weighted by molar-refractivity contribution is 7.98. The van der Waals surface area contributed by atoms with Crippen molar-refractivity contribution in [2.75, 3.05) is 24.7 Å². The van der Waals surface area contributed by atoms with Gasteiger partial charge in [-0.15, -0.1) is 16.9 Å². The molecule has 1 N–H and O–H groups in total. The summed E-state index contributed by atoms with van der Waals surface area (Å²) in [7, 11) is 0. The summed E-state index contributed by atoms with van der Waals surface area (Å²) < 4.78 is 1.94. The van der Waals surface area contributed by atoms with Crippen LogP contribution in [-0.2, 0) is 0 Å². The van der Waals surface area contributed by atoms with E-state index >= 15 is 0 Å². The number of nitrogens with zero attached hydrogens (tertiary/aromatic N) is 4. The highest BCUT2D eigenvalue weighted by atomic mass is 32.2. The number of benzene rings is 2. The third-order valence-corrected chi connectivity index (χ3v) is 5.75. The molecule has 2 amide bonds. The van der Waals surface area contributed by atoms with Crippen molar-refractivity contribution in [3.8, 4) is 11.3 Å². The predicted molar refractivity (Wildman–Crippen MR) is 113 cm³/mol. The van der Waals surface area contributed by atoms with Gasteiger partial charge >= 0.3 is 6.03 Å². The van der Waals surface area contributed by atoms with Crippen LogP contribution in [0.2, 0.25) is 0 Å². The van der Waals surface area contributed by atoms with Gasteiger partial charge in [-0.25, -0.2) is 9.48 Å². The summed E-state index contributed by atoms with van der Waals surface area (Å²) >= 11 is 1.66. The van der Waals surface area contributed by atoms with Crippen LogP contribution in [0.4, 0.5) is 10.5 Å². The van der Waals surface area contributed by atoms with E-state index < -0.39 is 0 Å². The van der Waals surface area contributed by atoms with Gasteiger partial charge in [0.05, 0.1) is 12.2 Å². The number of hydrogen-bond acceptors (Lipinski definition) is 4. The SMILES string of the molecule is CSc1cccc(NC(=O)N2CCC(n3cc(-c4ccccc4)nn3)CC2)c1. The topological polar surface area (TPSA) is 63.1 Å². The maximum atomic E-state index is 12.6. The average Bonchev–Trinajstić information content (AvgIpc) is 3.25. The number of rotatable bonds is 4. The Morgan fingerprint density at radius 2 is 1.89 bits per heavy atom. The molecule has 1 fully saturated rings. The van der Waals surface area contributed by atoms with Gasteiger partial charge in [-0.05, 0) is 37.3 Å². The zero-order valence-electron chi connectivity index (χ0n) is 15.8. The zero-order valence-corrected chi connectivity index (χ0v) is 16.6. The molecule has 0 spiro atoms. The minimum atomic E-state index is -0.0414. The van der Waals surface area contributed by atoms with Gasteiger partial charge in [0, 0.05) is 29.2 Å². The Morgan fingerprint density at radius 3 is 2.64 bits per heavy atom. The number of nitrogens with one attached hydrogen (secondary N) is 1. The number of thioether (sulfide) groups is 1. The van der Waals surface area contributed by atoms with Gasteiger partial charge in [-0.1, -0.05) is 41.6 Å². The fourth-order valence-corrected chi connectivity index (χ4v) is 3.89. The van der Waals surface area contributed by atoms with Crippen LogP contribution in [-0.4, -0.2) is 45.3 Å². The molecule has 1 aliphatic heterocycles. The number of likely N-dealkylation sites (tertiary alicyclic amines) is 1. The molecular formula is C21H23N5OS. The largest absolute Gasteiger partial charge is 0.324 e. The molecule has 1 saturated heterocycles. The standard InChI is InChI=1S/C21H23N5OS/c1-28-19-9-5-8-17(14-19)22-21(27)25-12-10-18(11-13-25)26-15-20(23-24-26)16-6-3-2-4-7-16/h2-9,14-15,18H,10-13H2,1H3,(H,22,27). The van der Waals surface area contributed by atoms with E-state index in [1.165, 1.54) is 0 Å². The normalized spacial score (nSPS) is 14.8. The van der Waals surface area contributed by atoms with Gasteiger partial charge in [0.1, 0.15) is 5.69 Å². The smallest absolute Gasteiger partial charge is 0.321 e. The van der Waals surface area contributed by atoms with Crippen LogP contribution >= 0.6 is 11.8 Å². The predicted octanol–water partition coefficient (Wildman–Crippen LogP) is 4.54. The average molecular weight is 394 g/mol. The van der Waals surface area contributed by atoms with Crippen LogP contribution < -0.4 is 5.32 Å². The Morgan fingerprint density at radius 1 is 1.11 bits per heavy atom. The number of aromatic nitrogens is 3. The minimum absolute atomic E-state index is 0.0414. The Balaban J connectivity index is 1.34. The first kappa shape index (κ1) is 18.6. The summed E-state index contributed by atoms with van der Waals surface area (Å²) in [5.74, 6) is 0. The lowest BCUT2D eigenvalue weighted by Gasteiger charge is -2.31. The van der Waals surface area contributed by atoms with Gasteiger partial charge in [0.2, 0.25) is 0 Å². The number of carbonyl (C=O) groups is 1. The first-order valence-electron chi connectivity index (χ1n) is 9.40. The van der Waals surface area contributed by atoms with Crippen molar-refractivity contribution < 1.29 is 4.79 Å². The summed E-state index contributed by atoms with van der Waals surface area (Å²) in [6, 6.07) is 18.2. The van der Waals surface area contributed by atoms with E-state index in [9.17, 15) is 4.79 Å². The minimum Gasteiger partial charge on any atom is -0.324 e. The summed E-state index contributed by atoms with van der Waals surface area (Å²) in [6.45, 7) is 1.42. The molecule has 6 nitrogen and oxygen atoms in total. The third kappa shape index (κ3) is 4.20. The number of piperidine rings is 1. The Labute approximate surface area is 168 Å². The first-order valence-corrected chi connectivity index (χ1v) is 10.6. The number of urea groups is 1. The molecular weight excluding hydrogens is 370 g/mol. The second-order valence-electron chi connectivity index (χ2n) is 6.83. The van der Waals surface area contributed by atoms with Crippen molar-refractivity contribution in [3.63, 3.8) is 0 Å². The number of amides is 2. The highest BCUT2D eigenvalue weighted by Gasteiger charge is 2.25. The van der Waals surface area contributed by atoms with Crippen LogP contribution in [0.3, 0.4) is 0 Å². The third-order valence-electron chi connectivity index (χ3n) is 5.03. The molecule has 4 rings (SSSR count). The molecule has 0 saturated carbocycles. The highest BCUT2D eigenvalue weighted by Crippen LogP contribution is 2.25. The van der Waals surface area contributed by atoms with Crippen LogP contribution in [0.1, 0.15) is 18.9 Å². The van der Waals surface area contributed by atoms with Crippen LogP contribution in [0, 0.1) is 0 Å². The van der Waals surface area contributed by atoms with E-state index in [-0.39, 0.29) is 12.1 Å². The monoisotopic (exact) mass is 393 g/mol. The molecule has 3 aromatic rings. The van der Waals surface area contributed by atoms with Gasteiger partial charge in [-0.2, -0.15) is 0 Å². The van der Waals surface area contributed by atoms with Crippen LogP contribution in [0.25, 0.3) is 11.3 Å². The first-order chi connectivity index (χ1) is 13.7. The quantitative estimate of drug-likeness (QED) is 0.661. The molecule has 0 unspecified atom stereocenters. The zero-order chi connectivity index (χ0) is 19.3. The van der Waals surface area contributed by atoms with E-state index in [0.717, 1.165) is 34.7 Å². The fourth-order valence-electron chi connectivity index (χ4n) is 3.43. The van der Waals surface area contributed by atoms with E-state index in [4.69, 9.17) is 0 Å². The molecule has 0 aliphatic carbocycles. The molecule has 1 aromatic heterocycles. The molecule has 2 aromatic carbocycles. The number of hydrogen-bond donors (Lipinski definition) is 1. The maximum absolute atomic E-state index is 12.6. The maximum Gasteiger partial charge on any atom is 0.321 e. The van der Waals surface area contributed by atoms with E-state index in [0.29, 0.717) is 13.1 Å². The molecule has 7 heteroatoms. The Bertz CT molecular complexity index is 935. The van der Waals surface area contributed by atoms with E-state index in [1.807, 2.05) is 76.6 Å². The second kappa shape index (κ2) is 8.48. The molecule has 1 aliphatic rings. The van der Waals surface area contributed by atoms with Gasteiger partial charge < -0.3 is 10.2 Å². The van der Waals surface area contributed by atoms with Crippen molar-refractivity contribution in [2.24, 2.45) is 0 Å². The van der Waals surface area contributed by atoms with Crippen LogP contribution in [0.15, 0.2) is 65.7 Å². The summed E-state index contributed by atoms with van der Waals surface area (Å²) in [5, 5.41) is 11.6. The molecule has 28 heavy (non-hydrogen) atoms. The molecule has 0 radical (unpaired) electrons. The van der Waals surface area contributed by atoms with Gasteiger partial charge in [0.25, 0.3) is 0 Å². The summed E-state index contributed by atoms with van der Waals surface area (Å²) in [5.41, 5.74) is 2.79. The summed E-state index contributed by atoms with van der Waals surface area (Å²) in [6.07, 6.45) is 5.77. The van der Waals surface area contributed by atoms with E-state index in [1.54, 1.807) is 11.8 Å². The Hall–Kier alpha value is -2.80. The van der Waals surface area contributed by atoms with Gasteiger partial charge in [0.15, 0.2) is 0 Å². The number of carbonyl (C=O) groups excluding carboxylic acids is 1. The van der Waals surface area contributed by atoms with Crippen molar-refractivity contribution in [1.29, 1.82) is 0 Å². The van der Waals surface area contributed by atoms with Crippen LogP contribution in [0.5, 0.6) is 0 Å². The van der Waals surface area contributed by atoms with Crippen molar-refractivity contribution in [2.45, 2.75) is 23.8 Å². The Kier molecular flexibility index (Phi) is 5.62. The second-order valence-corrected chi connectivity index (χ2v) is 7.71.